The average Bonchev–Trinajstić information content (AvgIpc) is 3.34. The van der Waals surface area contributed by atoms with Gasteiger partial charge in [0, 0.05) is 29.1 Å². The summed E-state index contributed by atoms with van der Waals surface area (Å²) in [5.74, 6) is 0.0113. The average molecular weight is 583 g/mol. The summed E-state index contributed by atoms with van der Waals surface area (Å²) < 4.78 is 59.5. The fraction of sp³-hybridized carbons (Fsp3) is 0.214. The van der Waals surface area contributed by atoms with Crippen molar-refractivity contribution in [2.24, 2.45) is 0 Å². The van der Waals surface area contributed by atoms with E-state index >= 15 is 0 Å². The van der Waals surface area contributed by atoms with Crippen LogP contribution in [0, 0.1) is 0 Å². The molecule has 4 aromatic rings. The van der Waals surface area contributed by atoms with Gasteiger partial charge in [-0.05, 0) is 68.8 Å². The molecule has 0 saturated carbocycles. The van der Waals surface area contributed by atoms with Crippen molar-refractivity contribution in [1.29, 1.82) is 0 Å². The third-order valence-electron chi connectivity index (χ3n) is 5.69. The summed E-state index contributed by atoms with van der Waals surface area (Å²) in [5.41, 5.74) is 1.39. The van der Waals surface area contributed by atoms with Gasteiger partial charge in [-0.25, -0.2) is 26.2 Å². The minimum Gasteiger partial charge on any atom is -0.497 e. The summed E-state index contributed by atoms with van der Waals surface area (Å²) in [6, 6.07) is 21.2. The van der Waals surface area contributed by atoms with Crippen LogP contribution in [0.1, 0.15) is 31.3 Å². The molecule has 1 aromatic heterocycles. The first-order chi connectivity index (χ1) is 18.7. The second-order valence-corrected chi connectivity index (χ2v) is 13.7. The number of sulfone groups is 1. The molecule has 4 rings (SSSR count). The van der Waals surface area contributed by atoms with Gasteiger partial charge >= 0.3 is 0 Å². The maximum atomic E-state index is 13.3. The molecule has 0 unspecified atom stereocenters. The molecular formula is C28H30N4O6S2. The Hall–Kier alpha value is -4.00. The lowest BCUT2D eigenvalue weighted by Gasteiger charge is -2.21. The minimum atomic E-state index is -3.79. The Morgan fingerprint density at radius 3 is 2.10 bits per heavy atom. The molecule has 210 valence electrons. The van der Waals surface area contributed by atoms with Crippen molar-refractivity contribution in [3.8, 4) is 22.6 Å². The van der Waals surface area contributed by atoms with Gasteiger partial charge in [0.05, 0.1) is 17.7 Å². The van der Waals surface area contributed by atoms with Crippen LogP contribution in [0.15, 0.2) is 88.8 Å². The first-order valence-corrected chi connectivity index (χ1v) is 15.5. The van der Waals surface area contributed by atoms with Gasteiger partial charge in [0.1, 0.15) is 11.4 Å². The van der Waals surface area contributed by atoms with Gasteiger partial charge in [-0.15, -0.1) is 0 Å². The van der Waals surface area contributed by atoms with E-state index in [-0.39, 0.29) is 15.6 Å². The number of benzene rings is 3. The molecule has 3 aromatic carbocycles. The summed E-state index contributed by atoms with van der Waals surface area (Å²) >= 11 is 0. The Balaban J connectivity index is 1.64. The molecule has 0 atom stereocenters. The summed E-state index contributed by atoms with van der Waals surface area (Å²) in [4.78, 5) is 13.4. The second kappa shape index (κ2) is 10.9. The zero-order chi connectivity index (χ0) is 29.3. The predicted molar refractivity (Wildman–Crippen MR) is 153 cm³/mol. The highest BCUT2D eigenvalue weighted by Crippen LogP contribution is 2.29. The smallest absolute Gasteiger partial charge is 0.274 e. The molecule has 0 fully saturated rings. The summed E-state index contributed by atoms with van der Waals surface area (Å²) in [5, 5.41) is 6.66. The van der Waals surface area contributed by atoms with E-state index in [0.29, 0.717) is 28.3 Å². The topological polar surface area (TPSA) is 136 Å². The molecule has 0 aliphatic heterocycles. The number of nitrogens with one attached hydrogen (secondary N) is 2. The highest BCUT2D eigenvalue weighted by atomic mass is 32.2. The van der Waals surface area contributed by atoms with Crippen molar-refractivity contribution in [1.82, 2.24) is 14.5 Å². The van der Waals surface area contributed by atoms with Crippen molar-refractivity contribution < 1.29 is 26.4 Å². The fourth-order valence-corrected chi connectivity index (χ4v) is 6.15. The molecule has 0 spiro atoms. The van der Waals surface area contributed by atoms with Gasteiger partial charge in [0.2, 0.25) is 10.0 Å². The third kappa shape index (κ3) is 6.58. The summed E-state index contributed by atoms with van der Waals surface area (Å²) in [6.07, 6.45) is 1.02. The predicted octanol–water partition coefficient (Wildman–Crippen LogP) is 4.28. The van der Waals surface area contributed by atoms with Gasteiger partial charge < -0.3 is 10.1 Å². The molecule has 0 aliphatic rings. The molecule has 0 saturated heterocycles. The van der Waals surface area contributed by atoms with Crippen molar-refractivity contribution in [2.75, 3.05) is 18.7 Å². The zero-order valence-electron chi connectivity index (χ0n) is 22.7. The van der Waals surface area contributed by atoms with E-state index in [1.807, 2.05) is 0 Å². The molecule has 0 bridgehead atoms. The quantitative estimate of drug-likeness (QED) is 0.316. The molecule has 0 aliphatic carbocycles. The molecule has 1 heterocycles. The number of amides is 1. The van der Waals surface area contributed by atoms with Crippen LogP contribution in [0.2, 0.25) is 0 Å². The standard InChI is InChI=1S/C28H30N4O6S2/c1-28(2,3)31-40(36,37)25-9-7-6-8-23(25)19-10-12-20(13-11-19)29-27(33)24-18-26(39(5,34)35)30-32(24)21-14-16-22(38-4)17-15-21/h6-18,31H,1-5H3,(H,29,33). The van der Waals surface area contributed by atoms with Crippen LogP contribution in [-0.2, 0) is 19.9 Å². The number of anilines is 1. The third-order valence-corrected chi connectivity index (χ3v) is 8.46. The fourth-order valence-electron chi connectivity index (χ4n) is 3.95. The van der Waals surface area contributed by atoms with E-state index in [1.165, 1.54) is 17.9 Å². The summed E-state index contributed by atoms with van der Waals surface area (Å²) in [6.45, 7) is 5.30. The van der Waals surface area contributed by atoms with Crippen LogP contribution in [0.4, 0.5) is 5.69 Å². The number of carbonyl (C=O) groups excluding carboxylic acids is 1. The number of rotatable bonds is 8. The lowest BCUT2D eigenvalue weighted by molar-refractivity contribution is 0.101. The highest BCUT2D eigenvalue weighted by Gasteiger charge is 2.25. The van der Waals surface area contributed by atoms with Crippen molar-refractivity contribution in [3.05, 3.63) is 84.6 Å². The number of aromatic nitrogens is 2. The number of hydrogen-bond donors (Lipinski definition) is 2. The van der Waals surface area contributed by atoms with Crippen LogP contribution in [0.5, 0.6) is 5.75 Å². The van der Waals surface area contributed by atoms with Gasteiger partial charge in [0.15, 0.2) is 14.9 Å². The largest absolute Gasteiger partial charge is 0.497 e. The van der Waals surface area contributed by atoms with Gasteiger partial charge in [0.25, 0.3) is 5.91 Å². The molecular weight excluding hydrogens is 552 g/mol. The van der Waals surface area contributed by atoms with E-state index in [9.17, 15) is 21.6 Å². The van der Waals surface area contributed by atoms with Crippen molar-refractivity contribution in [3.63, 3.8) is 0 Å². The molecule has 12 heteroatoms. The molecule has 10 nitrogen and oxygen atoms in total. The first kappa shape index (κ1) is 29.0. The molecule has 0 radical (unpaired) electrons. The van der Waals surface area contributed by atoms with Crippen LogP contribution in [0.25, 0.3) is 16.8 Å². The maximum Gasteiger partial charge on any atom is 0.274 e. The Morgan fingerprint density at radius 1 is 0.900 bits per heavy atom. The SMILES string of the molecule is COc1ccc(-n2nc(S(C)(=O)=O)cc2C(=O)Nc2ccc(-c3ccccc3S(=O)(=O)NC(C)(C)C)cc2)cc1. The minimum absolute atomic E-state index is 0.0133. The lowest BCUT2D eigenvalue weighted by atomic mass is 10.1. The number of carbonyl (C=O) groups is 1. The molecule has 2 N–H and O–H groups in total. The van der Waals surface area contributed by atoms with E-state index in [0.717, 1.165) is 6.26 Å². The number of methoxy groups -OCH3 is 1. The Bertz CT molecular complexity index is 1750. The van der Waals surface area contributed by atoms with Gasteiger partial charge in [-0.3, -0.25) is 4.79 Å². The molecule has 1 amide bonds. The second-order valence-electron chi connectivity index (χ2n) is 10.1. The van der Waals surface area contributed by atoms with Gasteiger partial charge in [-0.2, -0.15) is 5.10 Å². The Kier molecular flexibility index (Phi) is 7.88. The van der Waals surface area contributed by atoms with E-state index < -0.39 is 31.3 Å². The monoisotopic (exact) mass is 582 g/mol. The van der Waals surface area contributed by atoms with E-state index in [4.69, 9.17) is 4.74 Å². The van der Waals surface area contributed by atoms with Crippen LogP contribution in [0.3, 0.4) is 0 Å². The van der Waals surface area contributed by atoms with Crippen LogP contribution in [-0.4, -0.2) is 51.4 Å². The van der Waals surface area contributed by atoms with Crippen LogP contribution < -0.4 is 14.8 Å². The van der Waals surface area contributed by atoms with Crippen molar-refractivity contribution in [2.45, 2.75) is 36.2 Å². The van der Waals surface area contributed by atoms with E-state index in [2.05, 4.69) is 15.1 Å². The number of nitrogens with zero attached hydrogens (tertiary/aromatic N) is 2. The maximum absolute atomic E-state index is 13.3. The number of sulfonamides is 1. The van der Waals surface area contributed by atoms with Crippen molar-refractivity contribution >= 4 is 31.5 Å². The normalized spacial score (nSPS) is 12.2. The summed E-state index contributed by atoms with van der Waals surface area (Å²) in [7, 11) is -5.96. The van der Waals surface area contributed by atoms with E-state index in [1.54, 1.807) is 93.6 Å². The Morgan fingerprint density at radius 2 is 1.52 bits per heavy atom. The number of hydrogen-bond acceptors (Lipinski definition) is 7. The molecule has 40 heavy (non-hydrogen) atoms. The lowest BCUT2D eigenvalue weighted by Crippen LogP contribution is -2.40. The number of ether oxygens (including phenoxy) is 1. The zero-order valence-corrected chi connectivity index (χ0v) is 24.3. The van der Waals surface area contributed by atoms with Gasteiger partial charge in [-0.1, -0.05) is 30.3 Å². The Labute approximate surface area is 234 Å². The first-order valence-electron chi connectivity index (χ1n) is 12.2. The van der Waals surface area contributed by atoms with Crippen LogP contribution >= 0.6 is 0 Å². The highest BCUT2D eigenvalue weighted by molar-refractivity contribution is 7.90.